The van der Waals surface area contributed by atoms with Gasteiger partial charge in [-0.2, -0.15) is 0 Å². The number of rotatable bonds is 11. The molecule has 32 heavy (non-hydrogen) atoms. The van der Waals surface area contributed by atoms with Crippen LogP contribution in [0.3, 0.4) is 0 Å². The van der Waals surface area contributed by atoms with Gasteiger partial charge in [0.1, 0.15) is 11.8 Å². The Morgan fingerprint density at radius 2 is 1.75 bits per heavy atom. The topological polar surface area (TPSA) is 58.6 Å². The Bertz CT molecular complexity index is 895. The third kappa shape index (κ3) is 7.52. The molecule has 174 valence electrons. The number of nitrogens with one attached hydrogen (secondary N) is 1. The van der Waals surface area contributed by atoms with Gasteiger partial charge in [0, 0.05) is 22.6 Å². The van der Waals surface area contributed by atoms with Gasteiger partial charge in [-0.3, -0.25) is 9.59 Å². The van der Waals surface area contributed by atoms with Gasteiger partial charge in [0.15, 0.2) is 6.61 Å². The van der Waals surface area contributed by atoms with Crippen LogP contribution >= 0.6 is 27.5 Å². The van der Waals surface area contributed by atoms with Gasteiger partial charge in [0.05, 0.1) is 0 Å². The van der Waals surface area contributed by atoms with Crippen molar-refractivity contribution in [1.82, 2.24) is 10.2 Å². The molecular weight excluding hydrogens is 492 g/mol. The number of carbonyl (C=O) groups is 2. The molecule has 0 aliphatic heterocycles. The summed E-state index contributed by atoms with van der Waals surface area (Å²) in [5.41, 5.74) is 2.97. The van der Waals surface area contributed by atoms with E-state index in [9.17, 15) is 9.59 Å². The van der Waals surface area contributed by atoms with E-state index in [-0.39, 0.29) is 18.4 Å². The lowest BCUT2D eigenvalue weighted by Gasteiger charge is -2.30. The Morgan fingerprint density at radius 3 is 2.31 bits per heavy atom. The molecule has 2 aromatic rings. The van der Waals surface area contributed by atoms with Crippen LogP contribution in [-0.4, -0.2) is 35.9 Å². The third-order valence-electron chi connectivity index (χ3n) is 5.25. The number of amides is 2. The van der Waals surface area contributed by atoms with Crippen molar-refractivity contribution in [2.75, 3.05) is 13.2 Å². The van der Waals surface area contributed by atoms with E-state index in [1.54, 1.807) is 17.0 Å². The highest BCUT2D eigenvalue weighted by molar-refractivity contribution is 9.10. The van der Waals surface area contributed by atoms with Gasteiger partial charge in [0.2, 0.25) is 5.91 Å². The molecule has 0 saturated heterocycles. The Morgan fingerprint density at radius 1 is 1.12 bits per heavy atom. The molecule has 0 saturated carbocycles. The average molecular weight is 524 g/mol. The SMILES string of the molecule is CCCCNC(=O)[C@@H](CC)N(Cc1ccc(Cl)cc1)C(=O)COc1cc(C)c(Br)c(C)c1. The number of unbranched alkanes of at least 4 members (excludes halogenated alkanes) is 1. The number of benzene rings is 2. The summed E-state index contributed by atoms with van der Waals surface area (Å²) in [6.45, 7) is 8.70. The molecular formula is C25H32BrClN2O3. The fraction of sp³-hybridized carbons (Fsp3) is 0.440. The van der Waals surface area contributed by atoms with Gasteiger partial charge >= 0.3 is 0 Å². The fourth-order valence-electron chi connectivity index (χ4n) is 3.43. The Labute approximate surface area is 204 Å². The van der Waals surface area contributed by atoms with E-state index < -0.39 is 6.04 Å². The van der Waals surface area contributed by atoms with Crippen molar-refractivity contribution in [1.29, 1.82) is 0 Å². The standard InChI is InChI=1S/C25H32BrClN2O3/c1-5-7-12-28-25(31)22(6-2)29(15-19-8-10-20(27)11-9-19)23(30)16-32-21-13-17(3)24(26)18(4)14-21/h8-11,13-14,22H,5-7,12,15-16H2,1-4H3,(H,28,31)/t22-/m1/s1. The van der Waals surface area contributed by atoms with Crippen molar-refractivity contribution in [3.63, 3.8) is 0 Å². The molecule has 5 nitrogen and oxygen atoms in total. The van der Waals surface area contributed by atoms with E-state index in [0.29, 0.717) is 30.3 Å². The van der Waals surface area contributed by atoms with Crippen LogP contribution in [-0.2, 0) is 16.1 Å². The van der Waals surface area contributed by atoms with Gasteiger partial charge in [0.25, 0.3) is 5.91 Å². The van der Waals surface area contributed by atoms with E-state index in [0.717, 1.165) is 34.0 Å². The molecule has 1 atom stereocenters. The van der Waals surface area contributed by atoms with E-state index in [1.807, 2.05) is 45.0 Å². The van der Waals surface area contributed by atoms with Crippen LogP contribution in [0.15, 0.2) is 40.9 Å². The highest BCUT2D eigenvalue weighted by Gasteiger charge is 2.28. The van der Waals surface area contributed by atoms with Crippen LogP contribution in [0.2, 0.25) is 5.02 Å². The lowest BCUT2D eigenvalue weighted by Crippen LogP contribution is -2.50. The van der Waals surface area contributed by atoms with Crippen molar-refractivity contribution >= 4 is 39.3 Å². The number of halogens is 2. The Balaban J connectivity index is 2.20. The third-order valence-corrected chi connectivity index (χ3v) is 6.76. The predicted octanol–water partition coefficient (Wildman–Crippen LogP) is 5.82. The van der Waals surface area contributed by atoms with Gasteiger partial charge in [-0.15, -0.1) is 0 Å². The number of hydrogen-bond acceptors (Lipinski definition) is 3. The van der Waals surface area contributed by atoms with Crippen LogP contribution in [0, 0.1) is 13.8 Å². The van der Waals surface area contributed by atoms with Crippen LogP contribution < -0.4 is 10.1 Å². The molecule has 2 aromatic carbocycles. The number of aryl methyl sites for hydroxylation is 2. The summed E-state index contributed by atoms with van der Waals surface area (Å²) in [7, 11) is 0. The quantitative estimate of drug-likeness (QED) is 0.378. The highest BCUT2D eigenvalue weighted by Crippen LogP contribution is 2.26. The number of nitrogens with zero attached hydrogens (tertiary/aromatic N) is 1. The monoisotopic (exact) mass is 522 g/mol. The molecule has 0 fully saturated rings. The summed E-state index contributed by atoms with van der Waals surface area (Å²) < 4.78 is 6.85. The van der Waals surface area contributed by atoms with Crippen LogP contribution in [0.5, 0.6) is 5.75 Å². The van der Waals surface area contributed by atoms with Gasteiger partial charge in [-0.1, -0.05) is 59.9 Å². The number of carbonyl (C=O) groups excluding carboxylic acids is 2. The lowest BCUT2D eigenvalue weighted by atomic mass is 10.1. The van der Waals surface area contributed by atoms with Crippen molar-refractivity contribution in [3.05, 3.63) is 62.6 Å². The van der Waals surface area contributed by atoms with Gasteiger partial charge in [-0.25, -0.2) is 0 Å². The summed E-state index contributed by atoms with van der Waals surface area (Å²) in [6.07, 6.45) is 2.40. The highest BCUT2D eigenvalue weighted by atomic mass is 79.9. The normalized spacial score (nSPS) is 11.7. The first-order chi connectivity index (χ1) is 15.3. The molecule has 0 radical (unpaired) electrons. The summed E-state index contributed by atoms with van der Waals surface area (Å²) in [6, 6.07) is 10.5. The Kier molecular flexibility index (Phi) is 10.5. The van der Waals surface area contributed by atoms with Crippen molar-refractivity contribution < 1.29 is 14.3 Å². The molecule has 0 aliphatic carbocycles. The molecule has 7 heteroatoms. The molecule has 0 bridgehead atoms. The molecule has 0 spiro atoms. The van der Waals surface area contributed by atoms with E-state index in [2.05, 4.69) is 28.2 Å². The van der Waals surface area contributed by atoms with Crippen molar-refractivity contribution in [2.45, 2.75) is 59.5 Å². The fourth-order valence-corrected chi connectivity index (χ4v) is 3.78. The Hall–Kier alpha value is -2.05. The van der Waals surface area contributed by atoms with E-state index in [4.69, 9.17) is 16.3 Å². The smallest absolute Gasteiger partial charge is 0.261 e. The molecule has 2 rings (SSSR count). The second-order valence-corrected chi connectivity index (χ2v) is 9.11. The summed E-state index contributed by atoms with van der Waals surface area (Å²) in [5, 5.41) is 3.59. The first kappa shape index (κ1) is 26.2. The minimum absolute atomic E-state index is 0.140. The maximum Gasteiger partial charge on any atom is 0.261 e. The minimum atomic E-state index is -0.577. The van der Waals surface area contributed by atoms with Gasteiger partial charge in [-0.05, 0) is 67.6 Å². The lowest BCUT2D eigenvalue weighted by molar-refractivity contribution is -0.143. The van der Waals surface area contributed by atoms with Gasteiger partial charge < -0.3 is 15.0 Å². The summed E-state index contributed by atoms with van der Waals surface area (Å²) in [4.78, 5) is 27.7. The molecule has 1 N–H and O–H groups in total. The summed E-state index contributed by atoms with van der Waals surface area (Å²) >= 11 is 9.55. The van der Waals surface area contributed by atoms with Crippen molar-refractivity contribution in [3.8, 4) is 5.75 Å². The van der Waals surface area contributed by atoms with Crippen LogP contribution in [0.1, 0.15) is 49.8 Å². The second-order valence-electron chi connectivity index (χ2n) is 7.88. The molecule has 0 heterocycles. The number of hydrogen-bond donors (Lipinski definition) is 1. The zero-order valence-electron chi connectivity index (χ0n) is 19.2. The molecule has 0 unspecified atom stereocenters. The van der Waals surface area contributed by atoms with Crippen LogP contribution in [0.25, 0.3) is 0 Å². The molecule has 2 amide bonds. The predicted molar refractivity (Wildman–Crippen MR) is 133 cm³/mol. The second kappa shape index (κ2) is 12.9. The van der Waals surface area contributed by atoms with E-state index in [1.165, 1.54) is 0 Å². The maximum absolute atomic E-state index is 13.2. The largest absolute Gasteiger partial charge is 0.484 e. The first-order valence-electron chi connectivity index (χ1n) is 11.0. The first-order valence-corrected chi connectivity index (χ1v) is 12.1. The van der Waals surface area contributed by atoms with Crippen LogP contribution in [0.4, 0.5) is 0 Å². The minimum Gasteiger partial charge on any atom is -0.484 e. The van der Waals surface area contributed by atoms with Crippen molar-refractivity contribution in [2.24, 2.45) is 0 Å². The zero-order valence-corrected chi connectivity index (χ0v) is 21.6. The number of ether oxygens (including phenoxy) is 1. The maximum atomic E-state index is 13.2. The zero-order chi connectivity index (χ0) is 23.7. The molecule has 0 aromatic heterocycles. The molecule has 0 aliphatic rings. The van der Waals surface area contributed by atoms with E-state index >= 15 is 0 Å². The summed E-state index contributed by atoms with van der Waals surface area (Å²) in [5.74, 6) is 0.248. The average Bonchev–Trinajstić information content (AvgIpc) is 2.77.